The van der Waals surface area contributed by atoms with Gasteiger partial charge >= 0.3 is 0 Å². The number of amides is 1. The molecule has 0 saturated carbocycles. The SMILES string of the molecule is Cc1ccc(Cl)cc1NC(=O)C1CNCCO1. The highest BCUT2D eigenvalue weighted by Gasteiger charge is 2.22. The van der Waals surface area contributed by atoms with Crippen LogP contribution < -0.4 is 10.6 Å². The molecule has 1 saturated heterocycles. The molecule has 17 heavy (non-hydrogen) atoms. The lowest BCUT2D eigenvalue weighted by atomic mass is 10.2. The second kappa shape index (κ2) is 5.49. The Bertz CT molecular complexity index is 417. The first-order chi connectivity index (χ1) is 8.16. The van der Waals surface area contributed by atoms with Crippen molar-refractivity contribution in [3.8, 4) is 0 Å². The van der Waals surface area contributed by atoms with Gasteiger partial charge in [-0.2, -0.15) is 0 Å². The summed E-state index contributed by atoms with van der Waals surface area (Å²) in [5.74, 6) is -0.137. The fraction of sp³-hybridized carbons (Fsp3) is 0.417. The molecule has 1 heterocycles. The maximum absolute atomic E-state index is 11.9. The molecule has 0 bridgehead atoms. The summed E-state index contributed by atoms with van der Waals surface area (Å²) >= 11 is 5.89. The van der Waals surface area contributed by atoms with Crippen LogP contribution in [0.5, 0.6) is 0 Å². The number of aryl methyl sites for hydroxylation is 1. The largest absolute Gasteiger partial charge is 0.366 e. The maximum atomic E-state index is 11.9. The number of anilines is 1. The van der Waals surface area contributed by atoms with Gasteiger partial charge in [-0.25, -0.2) is 0 Å². The number of hydrogen-bond acceptors (Lipinski definition) is 3. The molecule has 0 radical (unpaired) electrons. The minimum absolute atomic E-state index is 0.137. The third-order valence-corrected chi connectivity index (χ3v) is 2.91. The minimum atomic E-state index is -0.429. The van der Waals surface area contributed by atoms with E-state index in [9.17, 15) is 4.79 Å². The van der Waals surface area contributed by atoms with Crippen LogP contribution in [0.4, 0.5) is 5.69 Å². The zero-order valence-electron chi connectivity index (χ0n) is 9.63. The highest BCUT2D eigenvalue weighted by molar-refractivity contribution is 6.31. The molecule has 1 aromatic carbocycles. The number of carbonyl (C=O) groups excluding carboxylic acids is 1. The first-order valence-electron chi connectivity index (χ1n) is 5.56. The Kier molecular flexibility index (Phi) is 3.99. The molecule has 1 atom stereocenters. The fourth-order valence-corrected chi connectivity index (χ4v) is 1.85. The quantitative estimate of drug-likeness (QED) is 0.843. The van der Waals surface area contributed by atoms with Gasteiger partial charge in [0.15, 0.2) is 0 Å². The van der Waals surface area contributed by atoms with Crippen molar-refractivity contribution in [2.24, 2.45) is 0 Å². The second-order valence-corrected chi connectivity index (χ2v) is 4.45. The van der Waals surface area contributed by atoms with E-state index in [0.717, 1.165) is 17.8 Å². The van der Waals surface area contributed by atoms with E-state index in [1.165, 1.54) is 0 Å². The summed E-state index contributed by atoms with van der Waals surface area (Å²) in [5.41, 5.74) is 1.71. The molecular formula is C12H15ClN2O2. The Balaban J connectivity index is 2.04. The predicted molar refractivity (Wildman–Crippen MR) is 67.4 cm³/mol. The van der Waals surface area contributed by atoms with Crippen molar-refractivity contribution in [3.05, 3.63) is 28.8 Å². The number of nitrogens with one attached hydrogen (secondary N) is 2. The lowest BCUT2D eigenvalue weighted by Gasteiger charge is -2.23. The van der Waals surface area contributed by atoms with Crippen molar-refractivity contribution in [2.75, 3.05) is 25.0 Å². The molecule has 4 nitrogen and oxygen atoms in total. The van der Waals surface area contributed by atoms with E-state index in [-0.39, 0.29) is 5.91 Å². The molecule has 1 unspecified atom stereocenters. The van der Waals surface area contributed by atoms with Gasteiger partial charge in [0.2, 0.25) is 0 Å². The van der Waals surface area contributed by atoms with E-state index in [0.29, 0.717) is 18.2 Å². The van der Waals surface area contributed by atoms with Crippen LogP contribution in [-0.2, 0) is 9.53 Å². The molecule has 92 valence electrons. The van der Waals surface area contributed by atoms with Gasteiger partial charge < -0.3 is 15.4 Å². The molecule has 1 fully saturated rings. The number of carbonyl (C=O) groups is 1. The van der Waals surface area contributed by atoms with Crippen LogP contribution in [0.2, 0.25) is 5.02 Å². The van der Waals surface area contributed by atoms with Gasteiger partial charge in [-0.05, 0) is 24.6 Å². The van der Waals surface area contributed by atoms with Crippen molar-refractivity contribution < 1.29 is 9.53 Å². The Morgan fingerprint density at radius 3 is 3.12 bits per heavy atom. The third kappa shape index (κ3) is 3.19. The zero-order valence-corrected chi connectivity index (χ0v) is 10.4. The summed E-state index contributed by atoms with van der Waals surface area (Å²) in [6, 6.07) is 5.41. The Labute approximate surface area is 105 Å². The Morgan fingerprint density at radius 1 is 1.59 bits per heavy atom. The van der Waals surface area contributed by atoms with Crippen molar-refractivity contribution in [2.45, 2.75) is 13.0 Å². The smallest absolute Gasteiger partial charge is 0.254 e. The highest BCUT2D eigenvalue weighted by Crippen LogP contribution is 2.20. The first-order valence-corrected chi connectivity index (χ1v) is 5.94. The predicted octanol–water partition coefficient (Wildman–Crippen LogP) is 1.58. The molecule has 2 rings (SSSR count). The molecule has 1 aromatic rings. The van der Waals surface area contributed by atoms with Crippen LogP contribution in [0.1, 0.15) is 5.56 Å². The first kappa shape index (κ1) is 12.4. The zero-order chi connectivity index (χ0) is 12.3. The van der Waals surface area contributed by atoms with Crippen molar-refractivity contribution in [1.82, 2.24) is 5.32 Å². The highest BCUT2D eigenvalue weighted by atomic mass is 35.5. The van der Waals surface area contributed by atoms with E-state index in [2.05, 4.69) is 10.6 Å². The van der Waals surface area contributed by atoms with Gasteiger partial charge in [0.05, 0.1) is 6.61 Å². The molecule has 1 aliphatic rings. The molecule has 0 spiro atoms. The standard InChI is InChI=1S/C12H15ClN2O2/c1-8-2-3-9(13)6-10(8)15-12(16)11-7-14-4-5-17-11/h2-3,6,11,14H,4-5,7H2,1H3,(H,15,16). The summed E-state index contributed by atoms with van der Waals surface area (Å²) in [5, 5.41) is 6.55. The lowest BCUT2D eigenvalue weighted by Crippen LogP contribution is -2.45. The Morgan fingerprint density at radius 2 is 2.41 bits per heavy atom. The molecule has 5 heteroatoms. The van der Waals surface area contributed by atoms with Crippen LogP contribution in [0.3, 0.4) is 0 Å². The molecular weight excluding hydrogens is 240 g/mol. The van der Waals surface area contributed by atoms with Crippen LogP contribution in [0.25, 0.3) is 0 Å². The van der Waals surface area contributed by atoms with Crippen LogP contribution in [0, 0.1) is 6.92 Å². The normalized spacial score (nSPS) is 20.0. The average Bonchev–Trinajstić information content (AvgIpc) is 2.35. The van der Waals surface area contributed by atoms with Gasteiger partial charge in [0.25, 0.3) is 5.91 Å². The van der Waals surface area contributed by atoms with Gasteiger partial charge in [0.1, 0.15) is 6.10 Å². The van der Waals surface area contributed by atoms with Gasteiger partial charge in [0, 0.05) is 23.8 Å². The molecule has 0 aliphatic carbocycles. The molecule has 2 N–H and O–H groups in total. The van der Waals surface area contributed by atoms with Gasteiger partial charge in [-0.1, -0.05) is 17.7 Å². The molecule has 1 amide bonds. The van der Waals surface area contributed by atoms with E-state index in [4.69, 9.17) is 16.3 Å². The summed E-state index contributed by atoms with van der Waals surface area (Å²) in [7, 11) is 0. The topological polar surface area (TPSA) is 50.4 Å². The number of hydrogen-bond donors (Lipinski definition) is 2. The number of morpholine rings is 1. The van der Waals surface area contributed by atoms with Gasteiger partial charge in [-0.15, -0.1) is 0 Å². The summed E-state index contributed by atoms with van der Waals surface area (Å²) in [6.45, 7) is 3.82. The maximum Gasteiger partial charge on any atom is 0.254 e. The van der Waals surface area contributed by atoms with Crippen molar-refractivity contribution in [3.63, 3.8) is 0 Å². The van der Waals surface area contributed by atoms with Gasteiger partial charge in [-0.3, -0.25) is 4.79 Å². The number of halogens is 1. The van der Waals surface area contributed by atoms with Crippen LogP contribution >= 0.6 is 11.6 Å². The monoisotopic (exact) mass is 254 g/mol. The third-order valence-electron chi connectivity index (χ3n) is 2.68. The van der Waals surface area contributed by atoms with E-state index in [1.807, 2.05) is 13.0 Å². The molecule has 0 aromatic heterocycles. The van der Waals surface area contributed by atoms with Crippen molar-refractivity contribution >= 4 is 23.2 Å². The minimum Gasteiger partial charge on any atom is -0.366 e. The van der Waals surface area contributed by atoms with Crippen molar-refractivity contribution in [1.29, 1.82) is 0 Å². The summed E-state index contributed by atoms with van der Waals surface area (Å²) in [4.78, 5) is 11.9. The van der Waals surface area contributed by atoms with Crippen LogP contribution in [0.15, 0.2) is 18.2 Å². The lowest BCUT2D eigenvalue weighted by molar-refractivity contribution is -0.128. The second-order valence-electron chi connectivity index (χ2n) is 4.01. The van der Waals surface area contributed by atoms with E-state index in [1.54, 1.807) is 12.1 Å². The Hall–Kier alpha value is -1.10. The number of benzene rings is 1. The summed E-state index contributed by atoms with van der Waals surface area (Å²) < 4.78 is 5.37. The fourth-order valence-electron chi connectivity index (χ4n) is 1.68. The van der Waals surface area contributed by atoms with Crippen LogP contribution in [-0.4, -0.2) is 31.7 Å². The summed E-state index contributed by atoms with van der Waals surface area (Å²) in [6.07, 6.45) is -0.429. The number of ether oxygens (including phenoxy) is 1. The van der Waals surface area contributed by atoms with E-state index >= 15 is 0 Å². The number of rotatable bonds is 2. The van der Waals surface area contributed by atoms with E-state index < -0.39 is 6.10 Å². The molecule has 1 aliphatic heterocycles. The average molecular weight is 255 g/mol.